The lowest BCUT2D eigenvalue weighted by Gasteiger charge is -2.07. The molecule has 0 heterocycles. The molecule has 0 aliphatic heterocycles. The molecule has 1 atom stereocenters. The van der Waals surface area contributed by atoms with Gasteiger partial charge in [-0.15, -0.1) is 0 Å². The summed E-state index contributed by atoms with van der Waals surface area (Å²) in [5, 5.41) is 0. The fourth-order valence-corrected chi connectivity index (χ4v) is 0.956. The highest BCUT2D eigenvalue weighted by atomic mass is 16.5. The van der Waals surface area contributed by atoms with E-state index in [0.717, 1.165) is 12.5 Å². The van der Waals surface area contributed by atoms with Crippen LogP contribution >= 0.6 is 0 Å². The van der Waals surface area contributed by atoms with E-state index in [0.29, 0.717) is 0 Å². The van der Waals surface area contributed by atoms with Gasteiger partial charge in [0.15, 0.2) is 0 Å². The average molecular weight is 130 g/mol. The zero-order valence-electron chi connectivity index (χ0n) is 6.81. The predicted octanol–water partition coefficient (Wildman–Crippen LogP) is 2.46. The maximum atomic E-state index is 4.96. The van der Waals surface area contributed by atoms with E-state index in [1.165, 1.54) is 19.3 Å². The molecule has 0 N–H and O–H groups in total. The minimum Gasteiger partial charge on any atom is -0.385 e. The van der Waals surface area contributed by atoms with Gasteiger partial charge in [0.2, 0.25) is 0 Å². The van der Waals surface area contributed by atoms with E-state index in [4.69, 9.17) is 4.74 Å². The minimum atomic E-state index is 0.843. The lowest BCUT2D eigenvalue weighted by molar-refractivity contribution is 0.178. The second kappa shape index (κ2) is 6.09. The van der Waals surface area contributed by atoms with Crippen molar-refractivity contribution < 1.29 is 4.74 Å². The molecule has 9 heavy (non-hydrogen) atoms. The highest BCUT2D eigenvalue weighted by Gasteiger charge is 1.97. The van der Waals surface area contributed by atoms with E-state index in [2.05, 4.69) is 13.8 Å². The number of rotatable bonds is 5. The summed E-state index contributed by atoms with van der Waals surface area (Å²) in [6.07, 6.45) is 3.85. The largest absolute Gasteiger partial charge is 0.385 e. The molecule has 0 aromatic carbocycles. The molecule has 0 saturated heterocycles. The third-order valence-electron chi connectivity index (χ3n) is 1.60. The molecule has 0 aliphatic carbocycles. The van der Waals surface area contributed by atoms with Crippen LogP contribution in [0.2, 0.25) is 0 Å². The summed E-state index contributed by atoms with van der Waals surface area (Å²) in [4.78, 5) is 0. The van der Waals surface area contributed by atoms with Gasteiger partial charge < -0.3 is 4.74 Å². The van der Waals surface area contributed by atoms with Gasteiger partial charge in [0, 0.05) is 13.7 Å². The van der Waals surface area contributed by atoms with Crippen LogP contribution in [-0.2, 0) is 4.74 Å². The Kier molecular flexibility index (Phi) is 6.06. The monoisotopic (exact) mass is 130 g/mol. The number of hydrogen-bond acceptors (Lipinski definition) is 1. The van der Waals surface area contributed by atoms with Crippen molar-refractivity contribution in [2.24, 2.45) is 5.92 Å². The highest BCUT2D eigenvalue weighted by molar-refractivity contribution is 4.49. The van der Waals surface area contributed by atoms with Crippen molar-refractivity contribution in [2.45, 2.75) is 33.1 Å². The van der Waals surface area contributed by atoms with E-state index in [1.54, 1.807) is 7.11 Å². The fraction of sp³-hybridized carbons (Fsp3) is 1.00. The van der Waals surface area contributed by atoms with Gasteiger partial charge in [-0.2, -0.15) is 0 Å². The number of ether oxygens (including phenoxy) is 1. The molecule has 0 radical (unpaired) electrons. The molecule has 0 bridgehead atoms. The first-order chi connectivity index (χ1) is 4.31. The molecule has 0 aromatic rings. The molecule has 0 fully saturated rings. The number of hydrogen-bond donors (Lipinski definition) is 0. The van der Waals surface area contributed by atoms with Crippen LogP contribution in [0.15, 0.2) is 0 Å². The van der Waals surface area contributed by atoms with Gasteiger partial charge in [-0.05, 0) is 12.3 Å². The lowest BCUT2D eigenvalue weighted by atomic mass is 10.0. The summed E-state index contributed by atoms with van der Waals surface area (Å²) < 4.78 is 4.96. The van der Waals surface area contributed by atoms with Crippen LogP contribution < -0.4 is 0 Å². The second-order valence-electron chi connectivity index (χ2n) is 2.68. The van der Waals surface area contributed by atoms with E-state index >= 15 is 0 Å². The molecule has 0 aromatic heterocycles. The second-order valence-corrected chi connectivity index (χ2v) is 2.68. The first-order valence-corrected chi connectivity index (χ1v) is 3.80. The van der Waals surface area contributed by atoms with Gasteiger partial charge >= 0.3 is 0 Å². The Bertz CT molecular complexity index is 52.5. The maximum absolute atomic E-state index is 4.96. The van der Waals surface area contributed by atoms with Crippen LogP contribution in [0.25, 0.3) is 0 Å². The van der Waals surface area contributed by atoms with Gasteiger partial charge in [-0.1, -0.05) is 26.7 Å². The van der Waals surface area contributed by atoms with Crippen molar-refractivity contribution in [3.05, 3.63) is 0 Å². The highest BCUT2D eigenvalue weighted by Crippen LogP contribution is 2.08. The van der Waals surface area contributed by atoms with Crippen LogP contribution in [0.4, 0.5) is 0 Å². The normalized spacial score (nSPS) is 13.7. The van der Waals surface area contributed by atoms with Crippen molar-refractivity contribution in [3.8, 4) is 0 Å². The summed E-state index contributed by atoms with van der Waals surface area (Å²) in [5.74, 6) is 0.843. The first-order valence-electron chi connectivity index (χ1n) is 3.80. The standard InChI is InChI=1S/C8H18O/c1-4-5-8(2)6-7-9-3/h8H,4-7H2,1-3H3. The van der Waals surface area contributed by atoms with E-state index in [9.17, 15) is 0 Å². The van der Waals surface area contributed by atoms with E-state index < -0.39 is 0 Å². The molecule has 0 saturated carbocycles. The zero-order chi connectivity index (χ0) is 7.11. The third-order valence-corrected chi connectivity index (χ3v) is 1.60. The SMILES string of the molecule is CCCC(C)CCOC. The van der Waals surface area contributed by atoms with Crippen molar-refractivity contribution in [2.75, 3.05) is 13.7 Å². The minimum absolute atomic E-state index is 0.843. The van der Waals surface area contributed by atoms with Gasteiger partial charge in [-0.25, -0.2) is 0 Å². The Morgan fingerprint density at radius 3 is 2.44 bits per heavy atom. The molecule has 0 rings (SSSR count). The van der Waals surface area contributed by atoms with Gasteiger partial charge in [0.05, 0.1) is 0 Å². The quantitative estimate of drug-likeness (QED) is 0.555. The van der Waals surface area contributed by atoms with Gasteiger partial charge in [-0.3, -0.25) is 0 Å². The molecule has 0 aliphatic rings. The summed E-state index contributed by atoms with van der Waals surface area (Å²) in [6, 6.07) is 0. The summed E-state index contributed by atoms with van der Waals surface area (Å²) >= 11 is 0. The van der Waals surface area contributed by atoms with Crippen molar-refractivity contribution in [3.63, 3.8) is 0 Å². The smallest absolute Gasteiger partial charge is 0.0464 e. The molecule has 1 unspecified atom stereocenters. The number of methoxy groups -OCH3 is 1. The Balaban J connectivity index is 2.95. The van der Waals surface area contributed by atoms with Crippen molar-refractivity contribution in [1.82, 2.24) is 0 Å². The summed E-state index contributed by atoms with van der Waals surface area (Å²) in [6.45, 7) is 5.42. The van der Waals surface area contributed by atoms with E-state index in [-0.39, 0.29) is 0 Å². The van der Waals surface area contributed by atoms with Crippen LogP contribution in [0.1, 0.15) is 33.1 Å². The van der Waals surface area contributed by atoms with Gasteiger partial charge in [0.1, 0.15) is 0 Å². The lowest BCUT2D eigenvalue weighted by Crippen LogP contribution is -1.98. The molecule has 0 amide bonds. The summed E-state index contributed by atoms with van der Waals surface area (Å²) in [7, 11) is 1.76. The molecular formula is C8H18O. The molecule has 1 nitrogen and oxygen atoms in total. The topological polar surface area (TPSA) is 9.23 Å². The molecule has 0 spiro atoms. The molecule has 56 valence electrons. The van der Waals surface area contributed by atoms with Gasteiger partial charge in [0.25, 0.3) is 0 Å². The van der Waals surface area contributed by atoms with Crippen molar-refractivity contribution >= 4 is 0 Å². The van der Waals surface area contributed by atoms with Crippen LogP contribution in [0, 0.1) is 5.92 Å². The van der Waals surface area contributed by atoms with Crippen LogP contribution in [0.3, 0.4) is 0 Å². The predicted molar refractivity (Wildman–Crippen MR) is 40.6 cm³/mol. The van der Waals surface area contributed by atoms with Crippen LogP contribution in [0.5, 0.6) is 0 Å². The maximum Gasteiger partial charge on any atom is 0.0464 e. The average Bonchev–Trinajstić information content (AvgIpc) is 1.85. The Labute approximate surface area is 58.4 Å². The molecule has 1 heteroatoms. The Hall–Kier alpha value is -0.0400. The van der Waals surface area contributed by atoms with Crippen molar-refractivity contribution in [1.29, 1.82) is 0 Å². The third kappa shape index (κ3) is 5.84. The molecular weight excluding hydrogens is 112 g/mol. The Morgan fingerprint density at radius 2 is 2.00 bits per heavy atom. The van der Waals surface area contributed by atoms with Crippen LogP contribution in [-0.4, -0.2) is 13.7 Å². The summed E-state index contributed by atoms with van der Waals surface area (Å²) in [5.41, 5.74) is 0. The fourth-order valence-electron chi connectivity index (χ4n) is 0.956. The zero-order valence-corrected chi connectivity index (χ0v) is 6.81. The van der Waals surface area contributed by atoms with E-state index in [1.807, 2.05) is 0 Å². The first kappa shape index (κ1) is 8.96. The Morgan fingerprint density at radius 1 is 1.33 bits per heavy atom.